The van der Waals surface area contributed by atoms with Crippen LogP contribution in [0, 0.1) is 29.6 Å². The molecule has 0 amide bonds. The van der Waals surface area contributed by atoms with Crippen molar-refractivity contribution >= 4 is 16.6 Å². The molecule has 6 heterocycles. The van der Waals surface area contributed by atoms with E-state index in [-0.39, 0.29) is 59.0 Å². The van der Waals surface area contributed by atoms with E-state index in [4.69, 9.17) is 18.9 Å². The second-order valence-corrected chi connectivity index (χ2v) is 24.2. The normalized spacial score (nSPS) is 26.2. The lowest BCUT2D eigenvalue weighted by atomic mass is 9.51. The minimum atomic E-state index is -0.588. The molecule has 11 nitrogen and oxygen atoms in total. The Bertz CT molecular complexity index is 3410. The lowest BCUT2D eigenvalue weighted by Gasteiger charge is -2.59. The third-order valence-electron chi connectivity index (χ3n) is 19.5. The van der Waals surface area contributed by atoms with Gasteiger partial charge in [-0.3, -0.25) is 5.32 Å². The summed E-state index contributed by atoms with van der Waals surface area (Å²) in [5, 5.41) is 54.6. The van der Waals surface area contributed by atoms with Gasteiger partial charge in [0.05, 0.1) is 31.1 Å². The fraction of sp³-hybridized carbons (Fsp3) is 0.449. The van der Waals surface area contributed by atoms with E-state index in [0.29, 0.717) is 57.3 Å². The van der Waals surface area contributed by atoms with Crippen LogP contribution in [0.1, 0.15) is 134 Å². The van der Waals surface area contributed by atoms with Crippen molar-refractivity contribution in [1.29, 1.82) is 0 Å². The molecule has 80 heavy (non-hydrogen) atoms. The number of aromatic nitrogens is 1. The van der Waals surface area contributed by atoms with Crippen LogP contribution in [0.25, 0.3) is 16.6 Å². The average molecular weight is 1080 g/mol. The summed E-state index contributed by atoms with van der Waals surface area (Å²) in [5.74, 6) is 9.98. The van der Waals surface area contributed by atoms with Crippen molar-refractivity contribution in [3.63, 3.8) is 0 Å². The summed E-state index contributed by atoms with van der Waals surface area (Å²) < 4.78 is 29.1. The molecule has 5 aliphatic heterocycles. The Morgan fingerprint density at radius 1 is 0.812 bits per heavy atom. The van der Waals surface area contributed by atoms with E-state index in [9.17, 15) is 20.4 Å². The first-order valence-electron chi connectivity index (χ1n) is 29.8. The van der Waals surface area contributed by atoms with Crippen LogP contribution >= 0.6 is 0 Å². The molecule has 0 radical (unpaired) electrons. The predicted molar refractivity (Wildman–Crippen MR) is 311 cm³/mol. The van der Waals surface area contributed by atoms with Crippen LogP contribution < -0.4 is 15.4 Å². The average Bonchev–Trinajstić information content (AvgIpc) is 2.87. The number of aliphatic hydroxyl groups is 1. The number of hydrogen-bond donors (Lipinski definition) is 6. The minimum Gasteiger partial charge on any atom is -0.508 e. The molecule has 5 aromatic carbocycles. The summed E-state index contributed by atoms with van der Waals surface area (Å²) >= 11 is 0. The maximum absolute atomic E-state index is 12.3. The quantitative estimate of drug-likeness (QED) is 0.0611. The molecule has 7 atom stereocenters. The van der Waals surface area contributed by atoms with E-state index in [1.54, 1.807) is 31.4 Å². The monoisotopic (exact) mass is 1080 g/mol. The molecule has 7 unspecified atom stereocenters. The maximum Gasteiger partial charge on any atom is 0.164 e. The van der Waals surface area contributed by atoms with Gasteiger partial charge in [0.25, 0.3) is 0 Å². The Hall–Kier alpha value is -6.52. The molecular formula is C69H77N3O8. The maximum atomic E-state index is 12.3. The molecule has 6 aromatic rings. The third-order valence-corrected chi connectivity index (χ3v) is 19.5. The lowest BCUT2D eigenvalue weighted by molar-refractivity contribution is -0.166. The van der Waals surface area contributed by atoms with Gasteiger partial charge in [-0.1, -0.05) is 91.8 Å². The van der Waals surface area contributed by atoms with Gasteiger partial charge in [-0.15, -0.1) is 0 Å². The summed E-state index contributed by atoms with van der Waals surface area (Å²) in [5.41, 5.74) is 11.7. The lowest BCUT2D eigenvalue weighted by Crippen LogP contribution is -2.59. The minimum absolute atomic E-state index is 0.0266. The number of aliphatic hydroxyl groups excluding tert-OH is 1. The smallest absolute Gasteiger partial charge is 0.164 e. The van der Waals surface area contributed by atoms with Crippen LogP contribution in [-0.2, 0) is 58.3 Å². The molecule has 6 N–H and O–H groups in total. The summed E-state index contributed by atoms with van der Waals surface area (Å²) in [6, 6.07) is 31.0. The van der Waals surface area contributed by atoms with Crippen molar-refractivity contribution in [3.8, 4) is 34.8 Å². The molecule has 8 aliphatic rings. The predicted octanol–water partition coefficient (Wildman–Crippen LogP) is 11.8. The number of hydrogen-bond acceptors (Lipinski definition) is 10. The zero-order chi connectivity index (χ0) is 54.4. The Morgan fingerprint density at radius 2 is 1.70 bits per heavy atom. The Kier molecular flexibility index (Phi) is 14.8. The molecule has 2 fully saturated rings. The number of aromatic hydroxyl groups is 3. The third kappa shape index (κ3) is 10.2. The number of phenolic OH excluding ortho intramolecular Hbond substituents is 3. The van der Waals surface area contributed by atoms with Gasteiger partial charge >= 0.3 is 0 Å². The fourth-order valence-corrected chi connectivity index (χ4v) is 15.5. The van der Waals surface area contributed by atoms with Crippen molar-refractivity contribution in [2.45, 2.75) is 152 Å². The highest BCUT2D eigenvalue weighted by Gasteiger charge is 2.58. The van der Waals surface area contributed by atoms with Gasteiger partial charge in [0.15, 0.2) is 11.5 Å². The number of fused-ring (bicyclic) bond motifs is 7. The van der Waals surface area contributed by atoms with Crippen LogP contribution in [-0.4, -0.2) is 76.0 Å². The van der Waals surface area contributed by atoms with Crippen molar-refractivity contribution in [2.75, 3.05) is 27.1 Å². The second kappa shape index (κ2) is 22.4. The highest BCUT2D eigenvalue weighted by atomic mass is 16.5. The molecule has 1 saturated heterocycles. The Morgan fingerprint density at radius 3 is 2.59 bits per heavy atom. The molecule has 1 saturated carbocycles. The molecule has 14 rings (SSSR count). The van der Waals surface area contributed by atoms with Crippen molar-refractivity contribution in [2.24, 2.45) is 17.8 Å². The number of phenols is 3. The SMILES string of the molecule is COCNC1C=C2C#CC(CCc3ccc(O)c(Cc4cccc(O)c4)c3)CCCC3CC(O)C4CCc5c(ccc(O)c5OCc5cc(C67CCOC8(CCCCC8)C6CCc6ccccc67)cc6cn(cc56)C(=C2CO3)N1)C4. The van der Waals surface area contributed by atoms with Gasteiger partial charge in [-0.05, 0) is 177 Å². The molecule has 1 aromatic heterocycles. The number of benzene rings is 5. The van der Waals surface area contributed by atoms with Gasteiger partial charge in [0.1, 0.15) is 30.1 Å². The van der Waals surface area contributed by atoms with E-state index in [1.165, 1.54) is 36.0 Å². The van der Waals surface area contributed by atoms with Crippen molar-refractivity contribution in [3.05, 3.63) is 171 Å². The van der Waals surface area contributed by atoms with Crippen LogP contribution in [0.5, 0.6) is 23.0 Å². The van der Waals surface area contributed by atoms with E-state index in [0.717, 1.165) is 132 Å². The van der Waals surface area contributed by atoms with E-state index in [1.807, 2.05) is 24.3 Å². The summed E-state index contributed by atoms with van der Waals surface area (Å²) in [6.07, 6.45) is 21.8. The molecular weight excluding hydrogens is 999 g/mol. The highest BCUT2D eigenvalue weighted by molar-refractivity contribution is 5.89. The molecule has 11 heteroatoms. The Labute approximate surface area is 471 Å². The van der Waals surface area contributed by atoms with Crippen molar-refractivity contribution < 1.29 is 39.4 Å². The zero-order valence-electron chi connectivity index (χ0n) is 46.3. The fourth-order valence-electron chi connectivity index (χ4n) is 15.5. The second-order valence-electron chi connectivity index (χ2n) is 24.2. The molecule has 8 bridgehead atoms. The largest absolute Gasteiger partial charge is 0.508 e. The van der Waals surface area contributed by atoms with Crippen LogP contribution in [0.4, 0.5) is 0 Å². The summed E-state index contributed by atoms with van der Waals surface area (Å²) in [7, 11) is 1.69. The first kappa shape index (κ1) is 52.8. The van der Waals surface area contributed by atoms with Crippen LogP contribution in [0.2, 0.25) is 0 Å². The van der Waals surface area contributed by atoms with E-state index < -0.39 is 6.10 Å². The van der Waals surface area contributed by atoms with E-state index >= 15 is 0 Å². The number of aryl methyl sites for hydroxylation is 2. The number of nitrogens with zero attached hydrogens (tertiary/aromatic N) is 1. The number of nitrogens with one attached hydrogen (secondary N) is 2. The summed E-state index contributed by atoms with van der Waals surface area (Å²) in [6.45, 7) is 1.59. The van der Waals surface area contributed by atoms with Gasteiger partial charge in [0, 0.05) is 77.3 Å². The number of rotatable bonds is 9. The number of methoxy groups -OCH3 is 1. The first-order valence-corrected chi connectivity index (χ1v) is 29.8. The van der Waals surface area contributed by atoms with Gasteiger partial charge in [-0.2, -0.15) is 0 Å². The first-order chi connectivity index (χ1) is 39.1. The zero-order valence-corrected chi connectivity index (χ0v) is 46.3. The number of dihydropyridines is 1. The van der Waals surface area contributed by atoms with Gasteiger partial charge in [0.2, 0.25) is 0 Å². The van der Waals surface area contributed by atoms with E-state index in [2.05, 4.69) is 88.0 Å². The summed E-state index contributed by atoms with van der Waals surface area (Å²) in [4.78, 5) is 0. The molecule has 1 spiro atoms. The highest BCUT2D eigenvalue weighted by Crippen LogP contribution is 2.60. The molecule has 3 aliphatic carbocycles. The molecule has 416 valence electrons. The van der Waals surface area contributed by atoms with Crippen LogP contribution in [0.15, 0.2) is 121 Å². The van der Waals surface area contributed by atoms with Crippen LogP contribution in [0.3, 0.4) is 0 Å². The van der Waals surface area contributed by atoms with Gasteiger partial charge < -0.3 is 49.3 Å². The standard InChI is InChI=1S/C69H77N3O8/c1-77-43-70-65-37-49-19-17-44(15-16-45-18-24-61(74)51(31-45)32-46-10-7-12-55(73)33-46)9-8-13-56-38-63(76)50-20-23-57-48(34-50)21-25-62(75)66(57)79-41-53-36-54(35-52-39-72(40-58(52)53)67(71-65)59(49)42-78-56)69-29-30-80-68(27-5-2-6-28-68)64(69)26-22-47-11-3-4-14-60(47)69/h3-4,7,10-12,14,18,21,24-25,31,33,35-37,39-40,44,50,56,63-65,70-71,73-76H,2,5-6,8-9,13,15-16,20,22-23,26-30,32,34,38,41-43H2,1H3. The topological polar surface area (TPSA) is 147 Å². The van der Waals surface area contributed by atoms with Crippen molar-refractivity contribution in [1.82, 2.24) is 15.2 Å². The van der Waals surface area contributed by atoms with Gasteiger partial charge in [-0.25, -0.2) is 0 Å². The Balaban J connectivity index is 0.941. The number of ether oxygens (including phenoxy) is 4.